The number of carboxylic acids is 1. The lowest BCUT2D eigenvalue weighted by atomic mass is 10.2. The molecule has 0 spiro atoms. The van der Waals surface area contributed by atoms with Crippen LogP contribution in [0.3, 0.4) is 0 Å². The Bertz CT molecular complexity index is 640. The molecule has 0 atom stereocenters. The number of benzene rings is 1. The Morgan fingerprint density at radius 1 is 1.30 bits per heavy atom. The normalized spacial score (nSPS) is 10.0. The Balaban J connectivity index is 2.09. The van der Waals surface area contributed by atoms with Gasteiger partial charge in [-0.05, 0) is 11.6 Å². The van der Waals surface area contributed by atoms with Gasteiger partial charge < -0.3 is 10.4 Å². The second-order valence-electron chi connectivity index (χ2n) is 4.00. The molecule has 2 aromatic rings. The fourth-order valence-electron chi connectivity index (χ4n) is 1.65. The van der Waals surface area contributed by atoms with Gasteiger partial charge in [0, 0.05) is 24.9 Å². The Hall–Kier alpha value is -2.96. The fourth-order valence-corrected chi connectivity index (χ4v) is 1.65. The van der Waals surface area contributed by atoms with Crippen LogP contribution in [0.4, 0.5) is 11.4 Å². The van der Waals surface area contributed by atoms with Gasteiger partial charge in [-0.1, -0.05) is 12.1 Å². The number of pyridine rings is 1. The van der Waals surface area contributed by atoms with Gasteiger partial charge in [0.05, 0.1) is 22.4 Å². The first-order valence-electron chi connectivity index (χ1n) is 5.72. The Labute approximate surface area is 114 Å². The summed E-state index contributed by atoms with van der Waals surface area (Å²) < 4.78 is 0. The van der Waals surface area contributed by atoms with Crippen LogP contribution in [-0.2, 0) is 6.54 Å². The first-order valence-corrected chi connectivity index (χ1v) is 5.72. The Kier molecular flexibility index (Phi) is 3.90. The number of aromatic nitrogens is 1. The zero-order chi connectivity index (χ0) is 14.5. The lowest BCUT2D eigenvalue weighted by molar-refractivity contribution is -0.384. The number of carbonyl (C=O) groups is 1. The van der Waals surface area contributed by atoms with Crippen LogP contribution in [0.25, 0.3) is 0 Å². The monoisotopic (exact) mass is 273 g/mol. The molecule has 0 saturated heterocycles. The molecule has 0 fully saturated rings. The molecule has 7 nitrogen and oxygen atoms in total. The number of non-ortho nitro benzene ring substituents is 1. The standard InChI is InChI=1S/C13H11N3O4/c17-13(18)11-5-6-14-8-12(11)15-7-9-1-3-10(4-2-9)16(19)20/h1-6,8,15H,7H2,(H,17,18). The van der Waals surface area contributed by atoms with Gasteiger partial charge >= 0.3 is 5.97 Å². The van der Waals surface area contributed by atoms with Crippen molar-refractivity contribution in [3.63, 3.8) is 0 Å². The zero-order valence-electron chi connectivity index (χ0n) is 10.3. The lowest BCUT2D eigenvalue weighted by Crippen LogP contribution is -2.06. The van der Waals surface area contributed by atoms with Crippen LogP contribution >= 0.6 is 0 Å². The number of nitrogens with one attached hydrogen (secondary N) is 1. The Morgan fingerprint density at radius 3 is 2.60 bits per heavy atom. The van der Waals surface area contributed by atoms with E-state index in [1.165, 1.54) is 30.6 Å². The molecule has 7 heteroatoms. The third-order valence-electron chi connectivity index (χ3n) is 2.68. The van der Waals surface area contributed by atoms with Crippen LogP contribution in [0.1, 0.15) is 15.9 Å². The summed E-state index contributed by atoms with van der Waals surface area (Å²) in [6, 6.07) is 7.43. The summed E-state index contributed by atoms with van der Waals surface area (Å²) in [5.74, 6) is -1.04. The highest BCUT2D eigenvalue weighted by Gasteiger charge is 2.09. The third-order valence-corrected chi connectivity index (χ3v) is 2.68. The van der Waals surface area contributed by atoms with E-state index < -0.39 is 10.9 Å². The van der Waals surface area contributed by atoms with Crippen LogP contribution in [-0.4, -0.2) is 21.0 Å². The molecule has 0 aliphatic heterocycles. The molecule has 0 bridgehead atoms. The van der Waals surface area contributed by atoms with E-state index in [-0.39, 0.29) is 11.3 Å². The number of carboxylic acid groups (broad SMARTS) is 1. The van der Waals surface area contributed by atoms with Crippen molar-refractivity contribution >= 4 is 17.3 Å². The van der Waals surface area contributed by atoms with Crippen LogP contribution in [0.5, 0.6) is 0 Å². The number of hydrogen-bond donors (Lipinski definition) is 2. The Morgan fingerprint density at radius 2 is 2.00 bits per heavy atom. The van der Waals surface area contributed by atoms with Gasteiger partial charge in [0.1, 0.15) is 0 Å². The molecule has 2 rings (SSSR count). The van der Waals surface area contributed by atoms with Crippen molar-refractivity contribution in [2.24, 2.45) is 0 Å². The maximum Gasteiger partial charge on any atom is 0.337 e. The highest BCUT2D eigenvalue weighted by atomic mass is 16.6. The first-order chi connectivity index (χ1) is 9.58. The summed E-state index contributed by atoms with van der Waals surface area (Å²) >= 11 is 0. The van der Waals surface area contributed by atoms with Crippen molar-refractivity contribution in [1.82, 2.24) is 4.98 Å². The first kappa shape index (κ1) is 13.5. The van der Waals surface area contributed by atoms with Crippen molar-refractivity contribution in [1.29, 1.82) is 0 Å². The topological polar surface area (TPSA) is 105 Å². The highest BCUT2D eigenvalue weighted by molar-refractivity contribution is 5.93. The van der Waals surface area contributed by atoms with E-state index in [1.807, 2.05) is 0 Å². The molecule has 1 heterocycles. The van der Waals surface area contributed by atoms with Crippen molar-refractivity contribution < 1.29 is 14.8 Å². The quantitative estimate of drug-likeness (QED) is 0.639. The van der Waals surface area contributed by atoms with Crippen molar-refractivity contribution in [3.05, 3.63) is 64.0 Å². The highest BCUT2D eigenvalue weighted by Crippen LogP contribution is 2.16. The molecule has 20 heavy (non-hydrogen) atoms. The zero-order valence-corrected chi connectivity index (χ0v) is 10.3. The molecule has 0 amide bonds. The minimum Gasteiger partial charge on any atom is -0.478 e. The van der Waals surface area contributed by atoms with E-state index in [9.17, 15) is 14.9 Å². The van der Waals surface area contributed by atoms with Gasteiger partial charge in [-0.2, -0.15) is 0 Å². The SMILES string of the molecule is O=C(O)c1ccncc1NCc1ccc([N+](=O)[O-])cc1. The number of nitro benzene ring substituents is 1. The van der Waals surface area contributed by atoms with Crippen LogP contribution in [0.2, 0.25) is 0 Å². The summed E-state index contributed by atoms with van der Waals surface area (Å²) in [5.41, 5.74) is 1.34. The predicted octanol–water partition coefficient (Wildman–Crippen LogP) is 2.30. The number of aromatic carboxylic acids is 1. The second kappa shape index (κ2) is 5.79. The fraction of sp³-hybridized carbons (Fsp3) is 0.0769. The molecule has 0 saturated carbocycles. The molecule has 0 aliphatic carbocycles. The molecular weight excluding hydrogens is 262 g/mol. The number of nitro groups is 1. The van der Waals surface area contributed by atoms with Gasteiger partial charge in [-0.25, -0.2) is 4.79 Å². The lowest BCUT2D eigenvalue weighted by Gasteiger charge is -2.08. The second-order valence-corrected chi connectivity index (χ2v) is 4.00. The summed E-state index contributed by atoms with van der Waals surface area (Å²) in [5, 5.41) is 22.5. The van der Waals surface area contributed by atoms with Crippen molar-refractivity contribution in [3.8, 4) is 0 Å². The molecule has 1 aromatic carbocycles. The van der Waals surface area contributed by atoms with Gasteiger partial charge in [-0.15, -0.1) is 0 Å². The summed E-state index contributed by atoms with van der Waals surface area (Å²) in [7, 11) is 0. The third kappa shape index (κ3) is 3.08. The number of rotatable bonds is 5. The molecular formula is C13H11N3O4. The van der Waals surface area contributed by atoms with Crippen LogP contribution in [0, 0.1) is 10.1 Å². The van der Waals surface area contributed by atoms with Crippen molar-refractivity contribution in [2.75, 3.05) is 5.32 Å². The maximum absolute atomic E-state index is 11.0. The van der Waals surface area contributed by atoms with E-state index in [2.05, 4.69) is 10.3 Å². The van der Waals surface area contributed by atoms with E-state index >= 15 is 0 Å². The van der Waals surface area contributed by atoms with Gasteiger partial charge in [-0.3, -0.25) is 15.1 Å². The van der Waals surface area contributed by atoms with Crippen LogP contribution < -0.4 is 5.32 Å². The number of hydrogen-bond acceptors (Lipinski definition) is 5. The molecule has 102 valence electrons. The predicted molar refractivity (Wildman–Crippen MR) is 71.6 cm³/mol. The molecule has 0 unspecified atom stereocenters. The van der Waals surface area contributed by atoms with Gasteiger partial charge in [0.25, 0.3) is 5.69 Å². The van der Waals surface area contributed by atoms with Crippen LogP contribution in [0.15, 0.2) is 42.7 Å². The number of anilines is 1. The van der Waals surface area contributed by atoms with E-state index in [1.54, 1.807) is 12.1 Å². The van der Waals surface area contributed by atoms with E-state index in [0.717, 1.165) is 5.56 Å². The smallest absolute Gasteiger partial charge is 0.337 e. The average Bonchev–Trinajstić information content (AvgIpc) is 2.45. The molecule has 0 aliphatic rings. The molecule has 2 N–H and O–H groups in total. The average molecular weight is 273 g/mol. The van der Waals surface area contributed by atoms with E-state index in [0.29, 0.717) is 12.2 Å². The molecule has 0 radical (unpaired) electrons. The van der Waals surface area contributed by atoms with Crippen molar-refractivity contribution in [2.45, 2.75) is 6.54 Å². The van der Waals surface area contributed by atoms with Gasteiger partial charge in [0.2, 0.25) is 0 Å². The maximum atomic E-state index is 11.0. The summed E-state index contributed by atoms with van der Waals surface area (Å²) in [6.07, 6.45) is 2.83. The molecule has 1 aromatic heterocycles. The largest absolute Gasteiger partial charge is 0.478 e. The number of nitrogens with zero attached hydrogens (tertiary/aromatic N) is 2. The minimum atomic E-state index is -1.04. The minimum absolute atomic E-state index is 0.0151. The summed E-state index contributed by atoms with van der Waals surface area (Å²) in [6.45, 7) is 0.351. The summed E-state index contributed by atoms with van der Waals surface area (Å²) in [4.78, 5) is 24.9. The van der Waals surface area contributed by atoms with Gasteiger partial charge in [0.15, 0.2) is 0 Å². The van der Waals surface area contributed by atoms with E-state index in [4.69, 9.17) is 5.11 Å².